The molecule has 0 aromatic heterocycles. The van der Waals surface area contributed by atoms with Crippen LogP contribution in [0.15, 0.2) is 0 Å². The maximum atomic E-state index is 11.3. The van der Waals surface area contributed by atoms with Crippen molar-refractivity contribution in [2.45, 2.75) is 19.9 Å². The van der Waals surface area contributed by atoms with Crippen molar-refractivity contribution >= 4 is 40.5 Å². The van der Waals surface area contributed by atoms with Gasteiger partial charge in [-0.05, 0) is 20.5 Å². The Balaban J connectivity index is 3.99. The number of carboxylic acid groups (broad SMARTS) is 1. The molecule has 0 spiro atoms. The lowest BCUT2D eigenvalue weighted by Gasteiger charge is -2.17. The molecule has 0 aliphatic heterocycles. The lowest BCUT2D eigenvalue weighted by atomic mass is 10.3. The molecular weight excluding hydrogens is 269 g/mol. The summed E-state index contributed by atoms with van der Waals surface area (Å²) in [6, 6.07) is -0.991. The van der Waals surface area contributed by atoms with Crippen molar-refractivity contribution in [3.63, 3.8) is 0 Å². The molecule has 1 amide bonds. The molecule has 0 bridgehead atoms. The maximum absolute atomic E-state index is 11.3. The largest absolute Gasteiger partial charge is 0.548 e. The van der Waals surface area contributed by atoms with Gasteiger partial charge >= 0.3 is 0 Å². The molecule has 0 rings (SSSR count). The van der Waals surface area contributed by atoms with Crippen molar-refractivity contribution in [1.29, 1.82) is 0 Å². The molecule has 94 valence electrons. The van der Waals surface area contributed by atoms with Gasteiger partial charge in [0.1, 0.15) is 5.47 Å². The number of carboxylic acids is 1. The summed E-state index contributed by atoms with van der Waals surface area (Å²) in [5.74, 6) is -1.58. The lowest BCUT2D eigenvalue weighted by Crippen LogP contribution is -2.46. The zero-order chi connectivity index (χ0) is 12.8. The van der Waals surface area contributed by atoms with Crippen LogP contribution in [0.1, 0.15) is 13.8 Å². The number of carbonyl (C=O) groups is 2. The Morgan fingerprint density at radius 1 is 1.62 bits per heavy atom. The van der Waals surface area contributed by atoms with Gasteiger partial charge < -0.3 is 19.7 Å². The average Bonchev–Trinajstić information content (AvgIpc) is 2.14. The highest BCUT2D eigenvalue weighted by Crippen LogP contribution is 2.56. The molecule has 0 fully saturated rings. The second kappa shape index (κ2) is 7.27. The quantitative estimate of drug-likeness (QED) is 0.660. The van der Waals surface area contributed by atoms with E-state index in [-0.39, 0.29) is 11.7 Å². The van der Waals surface area contributed by atoms with Crippen LogP contribution in [-0.2, 0) is 25.9 Å². The van der Waals surface area contributed by atoms with Gasteiger partial charge in [-0.25, -0.2) is 0 Å². The summed E-state index contributed by atoms with van der Waals surface area (Å²) >= 11 is 6.41. The molecule has 5 nitrogen and oxygen atoms in total. The molecule has 0 heterocycles. The first-order valence-corrected chi connectivity index (χ1v) is 9.41. The molecule has 8 heteroatoms. The highest BCUT2D eigenvalue weighted by Gasteiger charge is 2.14. The fourth-order valence-electron chi connectivity index (χ4n) is 0.790. The Labute approximate surface area is 104 Å². The molecule has 2 atom stereocenters. The van der Waals surface area contributed by atoms with Crippen molar-refractivity contribution in [1.82, 2.24) is 5.32 Å². The standard InChI is InChI=1S/C8H16NO4PS2/c1-4-13-14(3,15)16-5-7(10)9-6(2)8(11)12/h6H,4-5H2,1-3H3,(H,9,10)(H,11,12)/p-1/t6-,14-/m1/s1. The molecule has 0 aromatic carbocycles. The normalized spacial score (nSPS) is 16.2. The number of carbonyl (C=O) groups excluding carboxylic acids is 2. The predicted molar refractivity (Wildman–Crippen MR) is 66.9 cm³/mol. The van der Waals surface area contributed by atoms with Crippen molar-refractivity contribution in [3.8, 4) is 0 Å². The SMILES string of the molecule is CCO[P@](C)(=S)SCC(=O)N[C@H](C)C(=O)[O-]. The molecule has 0 aromatic rings. The first kappa shape index (κ1) is 15.9. The Hall–Kier alpha value is -0.100. The summed E-state index contributed by atoms with van der Waals surface area (Å²) in [7, 11) is 0. The molecule has 0 unspecified atom stereocenters. The Morgan fingerprint density at radius 2 is 2.19 bits per heavy atom. The van der Waals surface area contributed by atoms with Crippen LogP contribution in [-0.4, -0.2) is 36.9 Å². The predicted octanol–water partition coefficient (Wildman–Crippen LogP) is -0.0500. The minimum Gasteiger partial charge on any atom is -0.548 e. The van der Waals surface area contributed by atoms with E-state index in [4.69, 9.17) is 16.3 Å². The number of aliphatic carboxylic acids is 1. The average molecular weight is 284 g/mol. The maximum Gasteiger partial charge on any atom is 0.230 e. The molecule has 16 heavy (non-hydrogen) atoms. The van der Waals surface area contributed by atoms with E-state index >= 15 is 0 Å². The molecule has 0 radical (unpaired) electrons. The van der Waals surface area contributed by atoms with E-state index in [9.17, 15) is 14.7 Å². The van der Waals surface area contributed by atoms with Crippen LogP contribution >= 0.6 is 16.8 Å². The van der Waals surface area contributed by atoms with Gasteiger partial charge in [0, 0.05) is 6.61 Å². The molecule has 1 N–H and O–H groups in total. The van der Waals surface area contributed by atoms with E-state index < -0.39 is 17.5 Å². The summed E-state index contributed by atoms with van der Waals surface area (Å²) in [5, 5.41) is 12.7. The van der Waals surface area contributed by atoms with E-state index in [1.807, 2.05) is 6.92 Å². The van der Waals surface area contributed by atoms with E-state index in [2.05, 4.69) is 5.32 Å². The Kier molecular flexibility index (Phi) is 7.22. The third-order valence-corrected chi connectivity index (χ3v) is 6.49. The zero-order valence-electron chi connectivity index (χ0n) is 9.39. The van der Waals surface area contributed by atoms with Crippen LogP contribution in [0.25, 0.3) is 0 Å². The van der Waals surface area contributed by atoms with E-state index in [0.29, 0.717) is 6.61 Å². The number of hydrogen-bond donors (Lipinski definition) is 1. The van der Waals surface area contributed by atoms with Crippen molar-refractivity contribution < 1.29 is 19.2 Å². The summed E-state index contributed by atoms with van der Waals surface area (Å²) in [4.78, 5) is 21.7. The van der Waals surface area contributed by atoms with Gasteiger partial charge in [-0.15, -0.1) is 0 Å². The van der Waals surface area contributed by atoms with Crippen molar-refractivity contribution in [2.75, 3.05) is 19.0 Å². The Bertz CT molecular complexity index is 310. The summed E-state index contributed by atoms with van der Waals surface area (Å²) in [5.41, 5.74) is -1.99. The van der Waals surface area contributed by atoms with Crippen LogP contribution in [0.3, 0.4) is 0 Å². The minimum absolute atomic E-state index is 0.103. The van der Waals surface area contributed by atoms with Crippen LogP contribution < -0.4 is 10.4 Å². The number of hydrogen-bond acceptors (Lipinski definition) is 6. The van der Waals surface area contributed by atoms with Gasteiger partial charge in [-0.2, -0.15) is 0 Å². The molecular formula is C8H15NO4PS2-. The van der Waals surface area contributed by atoms with E-state index in [1.54, 1.807) is 6.66 Å². The van der Waals surface area contributed by atoms with Gasteiger partial charge in [0.25, 0.3) is 0 Å². The van der Waals surface area contributed by atoms with Crippen LogP contribution in [0.5, 0.6) is 0 Å². The summed E-state index contributed by atoms with van der Waals surface area (Å²) in [6.07, 6.45) is 0. The molecule has 0 aliphatic carbocycles. The highest BCUT2D eigenvalue weighted by molar-refractivity contribution is 8.69. The van der Waals surface area contributed by atoms with Crippen molar-refractivity contribution in [3.05, 3.63) is 0 Å². The highest BCUT2D eigenvalue weighted by atomic mass is 32.9. The lowest BCUT2D eigenvalue weighted by molar-refractivity contribution is -0.307. The molecule has 0 saturated heterocycles. The smallest absolute Gasteiger partial charge is 0.230 e. The van der Waals surface area contributed by atoms with Gasteiger partial charge in [0.15, 0.2) is 0 Å². The first-order chi connectivity index (χ1) is 7.28. The van der Waals surface area contributed by atoms with E-state index in [1.165, 1.54) is 18.3 Å². The van der Waals surface area contributed by atoms with Gasteiger partial charge in [0.05, 0.1) is 17.8 Å². The number of nitrogens with one attached hydrogen (secondary N) is 1. The van der Waals surface area contributed by atoms with Gasteiger partial charge in [-0.3, -0.25) is 4.79 Å². The zero-order valence-corrected chi connectivity index (χ0v) is 11.9. The molecule has 0 saturated carbocycles. The van der Waals surface area contributed by atoms with Crippen LogP contribution in [0, 0.1) is 0 Å². The second-order valence-electron chi connectivity index (χ2n) is 3.07. The summed E-state index contributed by atoms with van der Waals surface area (Å²) < 4.78 is 5.31. The topological polar surface area (TPSA) is 78.5 Å². The fraction of sp³-hybridized carbons (Fsp3) is 0.750. The molecule has 0 aliphatic rings. The fourth-order valence-corrected chi connectivity index (χ4v) is 4.15. The second-order valence-corrected chi connectivity index (χ2v) is 11.1. The van der Waals surface area contributed by atoms with Crippen LogP contribution in [0.2, 0.25) is 0 Å². The van der Waals surface area contributed by atoms with Gasteiger partial charge in [-0.1, -0.05) is 23.2 Å². The van der Waals surface area contributed by atoms with Crippen molar-refractivity contribution in [2.24, 2.45) is 0 Å². The first-order valence-electron chi connectivity index (χ1n) is 4.65. The van der Waals surface area contributed by atoms with E-state index in [0.717, 1.165) is 0 Å². The van der Waals surface area contributed by atoms with Gasteiger partial charge in [0.2, 0.25) is 5.91 Å². The third kappa shape index (κ3) is 7.22. The van der Waals surface area contributed by atoms with Crippen LogP contribution in [0.4, 0.5) is 0 Å². The summed E-state index contributed by atoms with van der Waals surface area (Å²) in [6.45, 7) is 5.48. The monoisotopic (exact) mass is 284 g/mol. The minimum atomic E-state index is -1.99. The number of rotatable bonds is 7. The number of amides is 1. The third-order valence-electron chi connectivity index (χ3n) is 1.52. The Morgan fingerprint density at radius 3 is 2.62 bits per heavy atom.